The van der Waals surface area contributed by atoms with Gasteiger partial charge in [0.05, 0.1) is 12.8 Å². The van der Waals surface area contributed by atoms with E-state index in [1.165, 1.54) is 11.6 Å². The van der Waals surface area contributed by atoms with E-state index < -0.39 is 0 Å². The molecule has 1 fully saturated rings. The molecule has 1 unspecified atom stereocenters. The number of ether oxygens (including phenoxy) is 2. The lowest BCUT2D eigenvalue weighted by Gasteiger charge is -2.37. The minimum Gasteiger partial charge on any atom is -0.493 e. The van der Waals surface area contributed by atoms with E-state index >= 15 is 0 Å². The Hall–Kier alpha value is -2.27. The average molecular weight is 356 g/mol. The smallest absolute Gasteiger partial charge is 0.164 e. The zero-order chi connectivity index (χ0) is 17.9. The summed E-state index contributed by atoms with van der Waals surface area (Å²) in [5.74, 6) is 1.55. The van der Waals surface area contributed by atoms with Crippen molar-refractivity contribution in [1.29, 1.82) is 0 Å². The average Bonchev–Trinajstić information content (AvgIpc) is 2.68. The summed E-state index contributed by atoms with van der Waals surface area (Å²) in [6.45, 7) is 2.40. The molecule has 138 valence electrons. The molecule has 5 heteroatoms. The fraction of sp³-hybridized carbons (Fsp3) is 0.429. The summed E-state index contributed by atoms with van der Waals surface area (Å²) in [6, 6.07) is 13.8. The molecule has 2 heterocycles. The third-order valence-corrected chi connectivity index (χ3v) is 5.34. The van der Waals surface area contributed by atoms with Gasteiger partial charge in [-0.1, -0.05) is 24.3 Å². The Labute approximate surface area is 153 Å². The molecule has 2 aromatic carbocycles. The van der Waals surface area contributed by atoms with Crippen molar-refractivity contribution in [3.63, 3.8) is 0 Å². The number of para-hydroxylation sites is 2. The number of anilines is 1. The number of nitrogens with one attached hydrogen (secondary N) is 1. The standard InChI is InChI=1S/C21H25FN2O2/c1-25-20-8-4-5-15-13-17(14-26-21(15)20)23-16-9-11-24(12-10-16)19-7-3-2-6-18(19)22/h2-8,16-17,23H,9-14H2,1H3. The van der Waals surface area contributed by atoms with E-state index in [2.05, 4.69) is 16.3 Å². The number of rotatable bonds is 4. The lowest BCUT2D eigenvalue weighted by atomic mass is 9.98. The van der Waals surface area contributed by atoms with E-state index in [0.717, 1.165) is 43.9 Å². The molecule has 1 saturated heterocycles. The summed E-state index contributed by atoms with van der Waals surface area (Å²) in [6.07, 6.45) is 2.96. The second-order valence-electron chi connectivity index (χ2n) is 7.04. The van der Waals surface area contributed by atoms with Crippen molar-refractivity contribution in [2.75, 3.05) is 31.7 Å². The van der Waals surface area contributed by atoms with E-state index in [9.17, 15) is 4.39 Å². The first-order valence-corrected chi connectivity index (χ1v) is 9.29. The zero-order valence-corrected chi connectivity index (χ0v) is 15.1. The van der Waals surface area contributed by atoms with E-state index in [0.29, 0.717) is 24.4 Å². The number of piperidine rings is 1. The summed E-state index contributed by atoms with van der Waals surface area (Å²) in [7, 11) is 1.67. The maximum absolute atomic E-state index is 14.0. The first kappa shape index (κ1) is 17.2. The predicted octanol–water partition coefficient (Wildman–Crippen LogP) is 3.40. The molecule has 4 nitrogen and oxygen atoms in total. The molecule has 0 aromatic heterocycles. The molecule has 26 heavy (non-hydrogen) atoms. The van der Waals surface area contributed by atoms with Crippen molar-refractivity contribution in [1.82, 2.24) is 5.32 Å². The highest BCUT2D eigenvalue weighted by Crippen LogP contribution is 2.34. The Bertz CT molecular complexity index is 759. The van der Waals surface area contributed by atoms with Gasteiger partial charge >= 0.3 is 0 Å². The third-order valence-electron chi connectivity index (χ3n) is 5.34. The first-order chi connectivity index (χ1) is 12.7. The van der Waals surface area contributed by atoms with Crippen LogP contribution in [0.2, 0.25) is 0 Å². The van der Waals surface area contributed by atoms with Crippen LogP contribution in [0.15, 0.2) is 42.5 Å². The van der Waals surface area contributed by atoms with Crippen molar-refractivity contribution in [2.24, 2.45) is 0 Å². The second-order valence-corrected chi connectivity index (χ2v) is 7.04. The van der Waals surface area contributed by atoms with Gasteiger partial charge in [0.2, 0.25) is 0 Å². The molecule has 2 aliphatic heterocycles. The van der Waals surface area contributed by atoms with E-state index in [-0.39, 0.29) is 5.82 Å². The molecule has 2 aliphatic rings. The van der Waals surface area contributed by atoms with Crippen LogP contribution in [0.25, 0.3) is 0 Å². The summed E-state index contributed by atoms with van der Waals surface area (Å²) in [4.78, 5) is 2.14. The highest BCUT2D eigenvalue weighted by Gasteiger charge is 2.27. The van der Waals surface area contributed by atoms with Gasteiger partial charge in [-0.15, -0.1) is 0 Å². The van der Waals surface area contributed by atoms with Crippen LogP contribution in [-0.2, 0) is 6.42 Å². The maximum atomic E-state index is 14.0. The number of nitrogens with zero attached hydrogens (tertiary/aromatic N) is 1. The molecule has 1 N–H and O–H groups in total. The molecule has 0 aliphatic carbocycles. The van der Waals surface area contributed by atoms with Gasteiger partial charge in [-0.05, 0) is 43.0 Å². The van der Waals surface area contributed by atoms with Crippen molar-refractivity contribution in [3.05, 3.63) is 53.8 Å². The van der Waals surface area contributed by atoms with Gasteiger partial charge in [-0.25, -0.2) is 4.39 Å². The second kappa shape index (κ2) is 7.54. The molecule has 4 rings (SSSR count). The van der Waals surface area contributed by atoms with Crippen LogP contribution in [0.1, 0.15) is 18.4 Å². The Kier molecular flexibility index (Phi) is 4.98. The van der Waals surface area contributed by atoms with Gasteiger partial charge in [0, 0.05) is 25.2 Å². The number of hydrogen-bond donors (Lipinski definition) is 1. The van der Waals surface area contributed by atoms with Crippen molar-refractivity contribution in [3.8, 4) is 11.5 Å². The lowest BCUT2D eigenvalue weighted by molar-refractivity contribution is 0.211. The number of hydrogen-bond acceptors (Lipinski definition) is 4. The van der Waals surface area contributed by atoms with Crippen molar-refractivity contribution >= 4 is 5.69 Å². The summed E-state index contributed by atoms with van der Waals surface area (Å²) in [5.41, 5.74) is 1.91. The van der Waals surface area contributed by atoms with E-state index in [1.54, 1.807) is 13.2 Å². The summed E-state index contributed by atoms with van der Waals surface area (Å²) >= 11 is 0. The molecular weight excluding hydrogens is 331 g/mol. The summed E-state index contributed by atoms with van der Waals surface area (Å²) < 4.78 is 25.3. The Morgan fingerprint density at radius 2 is 1.88 bits per heavy atom. The molecule has 0 saturated carbocycles. The normalized spacial score (nSPS) is 20.4. The van der Waals surface area contributed by atoms with E-state index in [4.69, 9.17) is 9.47 Å². The van der Waals surface area contributed by atoms with Crippen LogP contribution in [0.5, 0.6) is 11.5 Å². The fourth-order valence-corrected chi connectivity index (χ4v) is 3.99. The third kappa shape index (κ3) is 3.49. The zero-order valence-electron chi connectivity index (χ0n) is 15.1. The van der Waals surface area contributed by atoms with Crippen LogP contribution in [0.4, 0.5) is 10.1 Å². The molecular formula is C21H25FN2O2. The number of fused-ring (bicyclic) bond motifs is 1. The van der Waals surface area contributed by atoms with Crippen molar-refractivity contribution in [2.45, 2.75) is 31.3 Å². The molecule has 0 radical (unpaired) electrons. The lowest BCUT2D eigenvalue weighted by Crippen LogP contribution is -2.49. The van der Waals surface area contributed by atoms with Crippen LogP contribution in [0.3, 0.4) is 0 Å². The Morgan fingerprint density at radius 1 is 1.08 bits per heavy atom. The minimum absolute atomic E-state index is 0.134. The monoisotopic (exact) mass is 356 g/mol. The SMILES string of the molecule is COc1cccc2c1OCC(NC1CCN(c3ccccc3F)CC1)C2. The van der Waals surface area contributed by atoms with Crippen LogP contribution in [0, 0.1) is 5.82 Å². The number of halogens is 1. The van der Waals surface area contributed by atoms with Gasteiger partial charge in [-0.3, -0.25) is 0 Å². The highest BCUT2D eigenvalue weighted by atomic mass is 19.1. The minimum atomic E-state index is -0.134. The van der Waals surface area contributed by atoms with Gasteiger partial charge in [0.1, 0.15) is 12.4 Å². The molecule has 0 bridgehead atoms. The van der Waals surface area contributed by atoms with Crippen LogP contribution in [-0.4, -0.2) is 38.9 Å². The molecule has 0 spiro atoms. The number of methoxy groups -OCH3 is 1. The predicted molar refractivity (Wildman–Crippen MR) is 101 cm³/mol. The van der Waals surface area contributed by atoms with Gasteiger partial charge < -0.3 is 19.7 Å². The largest absolute Gasteiger partial charge is 0.493 e. The van der Waals surface area contributed by atoms with Crippen LogP contribution >= 0.6 is 0 Å². The molecule has 2 aromatic rings. The maximum Gasteiger partial charge on any atom is 0.164 e. The van der Waals surface area contributed by atoms with Gasteiger partial charge in [0.15, 0.2) is 11.5 Å². The first-order valence-electron chi connectivity index (χ1n) is 9.29. The quantitative estimate of drug-likeness (QED) is 0.910. The topological polar surface area (TPSA) is 33.7 Å². The summed E-state index contributed by atoms with van der Waals surface area (Å²) in [5, 5.41) is 3.74. The van der Waals surface area contributed by atoms with Gasteiger partial charge in [0.25, 0.3) is 0 Å². The highest BCUT2D eigenvalue weighted by molar-refractivity contribution is 5.49. The molecule has 0 amide bonds. The fourth-order valence-electron chi connectivity index (χ4n) is 3.99. The Balaban J connectivity index is 1.33. The van der Waals surface area contributed by atoms with Gasteiger partial charge in [-0.2, -0.15) is 0 Å². The van der Waals surface area contributed by atoms with Crippen LogP contribution < -0.4 is 19.7 Å². The Morgan fingerprint density at radius 3 is 2.65 bits per heavy atom. The molecule has 1 atom stereocenters. The number of benzene rings is 2. The van der Waals surface area contributed by atoms with Crippen molar-refractivity contribution < 1.29 is 13.9 Å². The van der Waals surface area contributed by atoms with E-state index in [1.807, 2.05) is 24.3 Å².